The van der Waals surface area contributed by atoms with Gasteiger partial charge in [0.2, 0.25) is 0 Å². The van der Waals surface area contributed by atoms with Crippen molar-refractivity contribution in [3.8, 4) is 6.07 Å². The zero-order chi connectivity index (χ0) is 11.5. The number of carbonyl (C=O) groups is 1. The molecule has 82 valence electrons. The van der Waals surface area contributed by atoms with Gasteiger partial charge in [0.05, 0.1) is 11.6 Å². The van der Waals surface area contributed by atoms with Crippen LogP contribution in [0.15, 0.2) is 18.2 Å². The molecule has 1 saturated carbocycles. The highest BCUT2D eigenvalue weighted by atomic mass is 19.1. The van der Waals surface area contributed by atoms with Crippen LogP contribution in [-0.4, -0.2) is 5.78 Å². The van der Waals surface area contributed by atoms with E-state index in [0.717, 1.165) is 19.3 Å². The van der Waals surface area contributed by atoms with E-state index < -0.39 is 5.82 Å². The molecule has 0 aromatic heterocycles. The maximum atomic E-state index is 13.7. The average molecular weight is 217 g/mol. The van der Waals surface area contributed by atoms with Crippen LogP contribution in [0.4, 0.5) is 4.39 Å². The molecule has 2 nitrogen and oxygen atoms in total. The standard InChI is InChI=1S/C13H12FNO/c14-12-7-9(8-15)5-6-10(12)11-3-1-2-4-13(11)16/h5-7,11H,1-4H2. The molecule has 0 spiro atoms. The third kappa shape index (κ3) is 1.96. The summed E-state index contributed by atoms with van der Waals surface area (Å²) in [6.07, 6.45) is 3.15. The Hall–Kier alpha value is -1.69. The van der Waals surface area contributed by atoms with Gasteiger partial charge in [0, 0.05) is 12.3 Å². The lowest BCUT2D eigenvalue weighted by Crippen LogP contribution is -2.18. The summed E-state index contributed by atoms with van der Waals surface area (Å²) >= 11 is 0. The summed E-state index contributed by atoms with van der Waals surface area (Å²) < 4.78 is 13.7. The van der Waals surface area contributed by atoms with Gasteiger partial charge in [-0.1, -0.05) is 12.5 Å². The lowest BCUT2D eigenvalue weighted by Gasteiger charge is -2.21. The first kappa shape index (κ1) is 10.8. The van der Waals surface area contributed by atoms with Gasteiger partial charge in [0.15, 0.2) is 0 Å². The molecular formula is C13H12FNO. The van der Waals surface area contributed by atoms with Crippen LogP contribution in [-0.2, 0) is 4.79 Å². The van der Waals surface area contributed by atoms with Crippen LogP contribution in [0.2, 0.25) is 0 Å². The van der Waals surface area contributed by atoms with E-state index in [1.807, 2.05) is 6.07 Å². The number of nitrogens with zero attached hydrogens (tertiary/aromatic N) is 1. The fourth-order valence-corrected chi connectivity index (χ4v) is 2.19. The predicted molar refractivity (Wildman–Crippen MR) is 57.3 cm³/mol. The molecule has 3 heteroatoms. The number of rotatable bonds is 1. The Labute approximate surface area is 93.7 Å². The minimum absolute atomic E-state index is 0.120. The Bertz CT molecular complexity index is 461. The van der Waals surface area contributed by atoms with Gasteiger partial charge in [-0.25, -0.2) is 4.39 Å². The van der Waals surface area contributed by atoms with E-state index in [0.29, 0.717) is 17.5 Å². The number of benzene rings is 1. The van der Waals surface area contributed by atoms with Crippen molar-refractivity contribution in [2.24, 2.45) is 0 Å². The van der Waals surface area contributed by atoms with Gasteiger partial charge in [0.1, 0.15) is 11.6 Å². The number of carbonyl (C=O) groups excluding carboxylic acids is 1. The normalized spacial score (nSPS) is 20.5. The van der Waals surface area contributed by atoms with Gasteiger partial charge < -0.3 is 0 Å². The fourth-order valence-electron chi connectivity index (χ4n) is 2.19. The van der Waals surface area contributed by atoms with Gasteiger partial charge >= 0.3 is 0 Å². The van der Waals surface area contributed by atoms with E-state index in [9.17, 15) is 9.18 Å². The second kappa shape index (κ2) is 4.44. The number of ketones is 1. The molecule has 1 aromatic rings. The van der Waals surface area contributed by atoms with Crippen LogP contribution in [0.5, 0.6) is 0 Å². The summed E-state index contributed by atoms with van der Waals surface area (Å²) in [6.45, 7) is 0. The highest BCUT2D eigenvalue weighted by Crippen LogP contribution is 2.31. The van der Waals surface area contributed by atoms with Crippen LogP contribution in [0.3, 0.4) is 0 Å². The number of nitriles is 1. The predicted octanol–water partition coefficient (Wildman–Crippen LogP) is 2.92. The molecule has 0 saturated heterocycles. The molecule has 0 heterocycles. The van der Waals surface area contributed by atoms with Crippen LogP contribution < -0.4 is 0 Å². The van der Waals surface area contributed by atoms with E-state index >= 15 is 0 Å². The molecule has 1 aromatic carbocycles. The second-order valence-electron chi connectivity index (χ2n) is 4.11. The molecule has 0 radical (unpaired) electrons. The topological polar surface area (TPSA) is 40.9 Å². The Balaban J connectivity index is 2.33. The van der Waals surface area contributed by atoms with Gasteiger partial charge in [-0.05, 0) is 30.5 Å². The summed E-state index contributed by atoms with van der Waals surface area (Å²) in [5.74, 6) is -0.615. The molecule has 1 fully saturated rings. The summed E-state index contributed by atoms with van der Waals surface area (Å²) in [7, 11) is 0. The summed E-state index contributed by atoms with van der Waals surface area (Å²) in [6, 6.07) is 6.23. The minimum Gasteiger partial charge on any atom is -0.299 e. The van der Waals surface area contributed by atoms with E-state index in [-0.39, 0.29) is 11.7 Å². The second-order valence-corrected chi connectivity index (χ2v) is 4.11. The van der Waals surface area contributed by atoms with Gasteiger partial charge in [-0.15, -0.1) is 0 Å². The first-order chi connectivity index (χ1) is 7.72. The van der Waals surface area contributed by atoms with Gasteiger partial charge in [-0.3, -0.25) is 4.79 Å². The molecule has 1 aliphatic carbocycles. The third-order valence-electron chi connectivity index (χ3n) is 3.06. The van der Waals surface area contributed by atoms with Crippen molar-refractivity contribution in [3.63, 3.8) is 0 Å². The van der Waals surface area contributed by atoms with Crippen LogP contribution >= 0.6 is 0 Å². The van der Waals surface area contributed by atoms with E-state index in [4.69, 9.17) is 5.26 Å². The maximum Gasteiger partial charge on any atom is 0.140 e. The largest absolute Gasteiger partial charge is 0.299 e. The smallest absolute Gasteiger partial charge is 0.140 e. The van der Waals surface area contributed by atoms with Crippen molar-refractivity contribution < 1.29 is 9.18 Å². The third-order valence-corrected chi connectivity index (χ3v) is 3.06. The van der Waals surface area contributed by atoms with Gasteiger partial charge in [0.25, 0.3) is 0 Å². The summed E-state index contributed by atoms with van der Waals surface area (Å²) in [5.41, 5.74) is 0.744. The monoisotopic (exact) mass is 217 g/mol. The van der Waals surface area contributed by atoms with E-state index in [2.05, 4.69) is 0 Å². The molecular weight excluding hydrogens is 205 g/mol. The highest BCUT2D eigenvalue weighted by Gasteiger charge is 2.26. The van der Waals surface area contributed by atoms with Crippen molar-refractivity contribution >= 4 is 5.78 Å². The maximum absolute atomic E-state index is 13.7. The van der Waals surface area contributed by atoms with Crippen LogP contribution in [0.1, 0.15) is 42.7 Å². The SMILES string of the molecule is N#Cc1ccc(C2CCCCC2=O)c(F)c1. The van der Waals surface area contributed by atoms with Crippen molar-refractivity contribution in [2.45, 2.75) is 31.6 Å². The van der Waals surface area contributed by atoms with E-state index in [1.165, 1.54) is 6.07 Å². The fraction of sp³-hybridized carbons (Fsp3) is 0.385. The molecule has 2 rings (SSSR count). The first-order valence-electron chi connectivity index (χ1n) is 5.44. The van der Waals surface area contributed by atoms with E-state index in [1.54, 1.807) is 12.1 Å². The molecule has 16 heavy (non-hydrogen) atoms. The lowest BCUT2D eigenvalue weighted by atomic mass is 9.82. The Morgan fingerprint density at radius 2 is 2.19 bits per heavy atom. The Kier molecular flexibility index (Phi) is 3.00. The number of hydrogen-bond acceptors (Lipinski definition) is 2. The Morgan fingerprint density at radius 3 is 2.81 bits per heavy atom. The molecule has 0 amide bonds. The number of Topliss-reactive ketones (excluding diaryl/α,β-unsaturated/α-hetero) is 1. The molecule has 1 unspecified atom stereocenters. The molecule has 0 N–H and O–H groups in total. The first-order valence-corrected chi connectivity index (χ1v) is 5.44. The average Bonchev–Trinajstić information content (AvgIpc) is 2.30. The van der Waals surface area contributed by atoms with Crippen molar-refractivity contribution in [3.05, 3.63) is 35.1 Å². The molecule has 1 atom stereocenters. The van der Waals surface area contributed by atoms with Crippen LogP contribution in [0.25, 0.3) is 0 Å². The zero-order valence-corrected chi connectivity index (χ0v) is 8.87. The minimum atomic E-state index is -0.431. The van der Waals surface area contributed by atoms with Crippen LogP contribution in [0, 0.1) is 17.1 Å². The molecule has 0 bridgehead atoms. The molecule has 1 aliphatic rings. The van der Waals surface area contributed by atoms with Gasteiger partial charge in [-0.2, -0.15) is 5.26 Å². The quantitative estimate of drug-likeness (QED) is 0.725. The van der Waals surface area contributed by atoms with Crippen molar-refractivity contribution in [2.75, 3.05) is 0 Å². The number of halogens is 1. The molecule has 0 aliphatic heterocycles. The lowest BCUT2D eigenvalue weighted by molar-refractivity contribution is -0.121. The van der Waals surface area contributed by atoms with Crippen molar-refractivity contribution in [1.82, 2.24) is 0 Å². The Morgan fingerprint density at radius 1 is 1.38 bits per heavy atom. The zero-order valence-electron chi connectivity index (χ0n) is 8.87. The summed E-state index contributed by atoms with van der Waals surface area (Å²) in [5, 5.41) is 8.63. The van der Waals surface area contributed by atoms with Crippen molar-refractivity contribution in [1.29, 1.82) is 5.26 Å². The summed E-state index contributed by atoms with van der Waals surface area (Å²) in [4.78, 5) is 11.7. The highest BCUT2D eigenvalue weighted by molar-refractivity contribution is 5.86. The number of hydrogen-bond donors (Lipinski definition) is 0.